The Labute approximate surface area is 129 Å². The molecule has 0 amide bonds. The lowest BCUT2D eigenvalue weighted by atomic mass is 10.2. The van der Waals surface area contributed by atoms with E-state index in [9.17, 15) is 8.42 Å². The predicted molar refractivity (Wildman–Crippen MR) is 82.2 cm³/mol. The highest BCUT2D eigenvalue weighted by atomic mass is 79.9. The predicted octanol–water partition coefficient (Wildman–Crippen LogP) is 2.80. The Kier molecular flexibility index (Phi) is 5.23. The third kappa shape index (κ3) is 4.04. The lowest BCUT2D eigenvalue weighted by Gasteiger charge is -2.18. The first kappa shape index (κ1) is 15.9. The monoisotopic (exact) mass is 361 g/mol. The molecule has 0 aliphatic heterocycles. The van der Waals surface area contributed by atoms with Crippen LogP contribution in [0.15, 0.2) is 27.6 Å². The summed E-state index contributed by atoms with van der Waals surface area (Å²) in [6, 6.07) is 5.29. The molecule has 1 aliphatic rings. The lowest BCUT2D eigenvalue weighted by molar-refractivity contribution is 0.117. The highest BCUT2D eigenvalue weighted by molar-refractivity contribution is 9.10. The maximum atomic E-state index is 12.5. The Balaban J connectivity index is 1.98. The summed E-state index contributed by atoms with van der Waals surface area (Å²) in [6.07, 6.45) is 2.48. The van der Waals surface area contributed by atoms with E-state index < -0.39 is 10.0 Å². The fourth-order valence-electron chi connectivity index (χ4n) is 1.87. The highest BCUT2D eigenvalue weighted by Crippen LogP contribution is 2.28. The second kappa shape index (κ2) is 6.56. The minimum absolute atomic E-state index is 0.344. The number of halogens is 1. The molecule has 1 aromatic carbocycles. The van der Waals surface area contributed by atoms with E-state index >= 15 is 0 Å². The largest absolute Gasteiger partial charge is 0.380 e. The van der Waals surface area contributed by atoms with Gasteiger partial charge in [0.2, 0.25) is 10.0 Å². The van der Waals surface area contributed by atoms with E-state index in [1.165, 1.54) is 17.1 Å². The molecule has 0 unspecified atom stereocenters. The Morgan fingerprint density at radius 2 is 2.10 bits per heavy atom. The van der Waals surface area contributed by atoms with E-state index in [0.29, 0.717) is 24.0 Å². The fourth-order valence-corrected chi connectivity index (χ4v) is 3.78. The minimum Gasteiger partial charge on any atom is -0.380 e. The molecule has 1 fully saturated rings. The average Bonchev–Trinajstić information content (AvgIpc) is 3.21. The van der Waals surface area contributed by atoms with Crippen LogP contribution in [0.25, 0.3) is 0 Å². The number of sulfonamides is 1. The fraction of sp³-hybridized carbons (Fsp3) is 0.571. The molecule has 20 heavy (non-hydrogen) atoms. The van der Waals surface area contributed by atoms with Crippen molar-refractivity contribution in [2.24, 2.45) is 5.92 Å². The van der Waals surface area contributed by atoms with E-state index in [0.717, 1.165) is 16.6 Å². The van der Waals surface area contributed by atoms with Crippen LogP contribution >= 0.6 is 15.9 Å². The number of benzene rings is 1. The van der Waals surface area contributed by atoms with Crippen molar-refractivity contribution in [2.75, 3.05) is 26.8 Å². The number of aryl methyl sites for hydroxylation is 1. The molecular formula is C14H20BrNO3S. The summed E-state index contributed by atoms with van der Waals surface area (Å²) in [6.45, 7) is 3.38. The first-order chi connectivity index (χ1) is 9.41. The molecule has 112 valence electrons. The van der Waals surface area contributed by atoms with E-state index in [2.05, 4.69) is 15.9 Å². The van der Waals surface area contributed by atoms with Gasteiger partial charge in [-0.2, -0.15) is 4.31 Å². The summed E-state index contributed by atoms with van der Waals surface area (Å²) in [5.41, 5.74) is 0.749. The van der Waals surface area contributed by atoms with E-state index in [1.54, 1.807) is 26.1 Å². The molecule has 0 N–H and O–H groups in total. The number of likely N-dealkylation sites (N-methyl/N-ethyl adjacent to an activating group) is 1. The second-order valence-corrected chi connectivity index (χ2v) is 8.18. The van der Waals surface area contributed by atoms with Crippen LogP contribution in [0.3, 0.4) is 0 Å². The first-order valence-corrected chi connectivity index (χ1v) is 8.95. The summed E-state index contributed by atoms with van der Waals surface area (Å²) < 4.78 is 32.6. The van der Waals surface area contributed by atoms with Crippen LogP contribution < -0.4 is 0 Å². The van der Waals surface area contributed by atoms with Crippen LogP contribution in [0.1, 0.15) is 18.4 Å². The van der Waals surface area contributed by atoms with Gasteiger partial charge in [-0.3, -0.25) is 0 Å². The molecule has 0 heterocycles. The molecule has 0 aromatic heterocycles. The van der Waals surface area contributed by atoms with Crippen molar-refractivity contribution in [3.8, 4) is 0 Å². The summed E-state index contributed by atoms with van der Waals surface area (Å²) in [7, 11) is -1.86. The van der Waals surface area contributed by atoms with E-state index in [4.69, 9.17) is 4.74 Å². The topological polar surface area (TPSA) is 46.6 Å². The van der Waals surface area contributed by atoms with Gasteiger partial charge in [0.1, 0.15) is 0 Å². The molecule has 1 aliphatic carbocycles. The Bertz CT molecular complexity index is 570. The zero-order valence-corrected chi connectivity index (χ0v) is 14.2. The van der Waals surface area contributed by atoms with E-state index in [1.807, 2.05) is 6.07 Å². The molecule has 0 atom stereocenters. The van der Waals surface area contributed by atoms with Gasteiger partial charge in [-0.1, -0.05) is 22.0 Å². The van der Waals surface area contributed by atoms with Gasteiger partial charge in [0.25, 0.3) is 0 Å². The van der Waals surface area contributed by atoms with E-state index in [-0.39, 0.29) is 0 Å². The average molecular weight is 362 g/mol. The maximum Gasteiger partial charge on any atom is 0.243 e. The van der Waals surface area contributed by atoms with Crippen molar-refractivity contribution in [1.82, 2.24) is 4.31 Å². The third-order valence-electron chi connectivity index (χ3n) is 3.44. The van der Waals surface area contributed by atoms with Crippen LogP contribution in [0.4, 0.5) is 0 Å². The van der Waals surface area contributed by atoms with Crippen molar-refractivity contribution in [3.05, 3.63) is 28.2 Å². The summed E-state index contributed by atoms with van der Waals surface area (Å²) in [5, 5.41) is 0. The van der Waals surface area contributed by atoms with Gasteiger partial charge in [0, 0.05) is 24.7 Å². The zero-order valence-electron chi connectivity index (χ0n) is 11.8. The molecule has 2 rings (SSSR count). The summed E-state index contributed by atoms with van der Waals surface area (Å²) in [5.74, 6) is 0.698. The van der Waals surface area contributed by atoms with Crippen molar-refractivity contribution in [3.63, 3.8) is 0 Å². The van der Waals surface area contributed by atoms with Crippen molar-refractivity contribution >= 4 is 26.0 Å². The number of hydrogen-bond donors (Lipinski definition) is 0. The number of ether oxygens (including phenoxy) is 1. The first-order valence-electron chi connectivity index (χ1n) is 6.71. The molecular weight excluding hydrogens is 342 g/mol. The minimum atomic E-state index is -3.45. The second-order valence-electron chi connectivity index (χ2n) is 5.25. The Morgan fingerprint density at radius 3 is 2.75 bits per heavy atom. The molecule has 0 bridgehead atoms. The molecule has 1 saturated carbocycles. The molecule has 0 spiro atoms. The van der Waals surface area contributed by atoms with Gasteiger partial charge in [-0.25, -0.2) is 8.42 Å². The van der Waals surface area contributed by atoms with Crippen LogP contribution in [-0.2, 0) is 14.8 Å². The standard InChI is InChI=1S/C14H20BrNO3S/c1-11-3-6-13(15)9-14(11)20(17,18)16(2)7-8-19-10-12-4-5-12/h3,6,9,12H,4-5,7-8,10H2,1-2H3. The third-order valence-corrected chi connectivity index (χ3v) is 5.93. The lowest BCUT2D eigenvalue weighted by Crippen LogP contribution is -2.31. The van der Waals surface area contributed by atoms with Gasteiger partial charge >= 0.3 is 0 Å². The van der Waals surface area contributed by atoms with Gasteiger partial charge in [-0.05, 0) is 43.4 Å². The SMILES string of the molecule is Cc1ccc(Br)cc1S(=O)(=O)N(C)CCOCC1CC1. The molecule has 6 heteroatoms. The Hall–Kier alpha value is -0.430. The van der Waals surface area contributed by atoms with Crippen molar-refractivity contribution in [1.29, 1.82) is 0 Å². The Morgan fingerprint density at radius 1 is 1.40 bits per heavy atom. The van der Waals surface area contributed by atoms with Gasteiger partial charge < -0.3 is 4.74 Å². The maximum absolute atomic E-state index is 12.5. The molecule has 0 radical (unpaired) electrons. The van der Waals surface area contributed by atoms with Crippen molar-refractivity contribution in [2.45, 2.75) is 24.7 Å². The normalized spacial score (nSPS) is 15.8. The highest BCUT2D eigenvalue weighted by Gasteiger charge is 2.24. The van der Waals surface area contributed by atoms with Crippen LogP contribution in [0, 0.1) is 12.8 Å². The molecule has 1 aromatic rings. The molecule has 4 nitrogen and oxygen atoms in total. The molecule has 0 saturated heterocycles. The summed E-state index contributed by atoms with van der Waals surface area (Å²) >= 11 is 3.32. The smallest absolute Gasteiger partial charge is 0.243 e. The zero-order chi connectivity index (χ0) is 14.8. The number of hydrogen-bond acceptors (Lipinski definition) is 3. The van der Waals surface area contributed by atoms with Gasteiger partial charge in [-0.15, -0.1) is 0 Å². The summed E-state index contributed by atoms with van der Waals surface area (Å²) in [4.78, 5) is 0.344. The quantitative estimate of drug-likeness (QED) is 0.701. The van der Waals surface area contributed by atoms with Crippen LogP contribution in [0.5, 0.6) is 0 Å². The van der Waals surface area contributed by atoms with Gasteiger partial charge in [0.15, 0.2) is 0 Å². The van der Waals surface area contributed by atoms with Gasteiger partial charge in [0.05, 0.1) is 11.5 Å². The number of rotatable bonds is 7. The van der Waals surface area contributed by atoms with Crippen molar-refractivity contribution < 1.29 is 13.2 Å². The van der Waals surface area contributed by atoms with Crippen LogP contribution in [0.2, 0.25) is 0 Å². The van der Waals surface area contributed by atoms with Crippen LogP contribution in [-0.4, -0.2) is 39.5 Å². The number of nitrogens with zero attached hydrogens (tertiary/aromatic N) is 1.